The van der Waals surface area contributed by atoms with E-state index in [9.17, 15) is 13.6 Å². The molecule has 1 heterocycles. The van der Waals surface area contributed by atoms with Crippen molar-refractivity contribution in [2.75, 3.05) is 7.11 Å². The van der Waals surface area contributed by atoms with Gasteiger partial charge in [0.25, 0.3) is 0 Å². The van der Waals surface area contributed by atoms with Crippen molar-refractivity contribution in [1.29, 1.82) is 0 Å². The van der Waals surface area contributed by atoms with Gasteiger partial charge in [-0.1, -0.05) is 36.4 Å². The first-order valence-corrected chi connectivity index (χ1v) is 11.3. The third kappa shape index (κ3) is 6.16. The number of hydrogen-bond donors (Lipinski definition) is 0. The van der Waals surface area contributed by atoms with Crippen LogP contribution < -0.4 is 0 Å². The van der Waals surface area contributed by atoms with Gasteiger partial charge in [0.05, 0.1) is 12.7 Å². The van der Waals surface area contributed by atoms with Crippen LogP contribution in [0.25, 0.3) is 11.1 Å². The molecule has 4 rings (SSSR count). The number of carbonyl (C=O) groups excluding carboxylic acids is 1. The molecule has 0 radical (unpaired) electrons. The number of carbonyl (C=O) groups is 1. The van der Waals surface area contributed by atoms with Crippen LogP contribution >= 0.6 is 0 Å². The molecule has 0 saturated heterocycles. The first kappa shape index (κ1) is 24.2. The number of benzene rings is 3. The number of halogens is 2. The third-order valence-electron chi connectivity index (χ3n) is 5.79. The zero-order valence-corrected chi connectivity index (χ0v) is 19.7. The Balaban J connectivity index is 1.70. The number of nitrogens with zero attached hydrogens (tertiary/aromatic N) is 2. The summed E-state index contributed by atoms with van der Waals surface area (Å²) in [6.45, 7) is 3.36. The molecule has 0 bridgehead atoms. The van der Waals surface area contributed by atoms with E-state index in [2.05, 4.69) is 9.88 Å². The van der Waals surface area contributed by atoms with Gasteiger partial charge in [-0.15, -0.1) is 0 Å². The van der Waals surface area contributed by atoms with Gasteiger partial charge in [-0.3, -0.25) is 9.88 Å². The molecule has 0 spiro atoms. The molecule has 0 saturated carbocycles. The Morgan fingerprint density at radius 3 is 2.23 bits per heavy atom. The van der Waals surface area contributed by atoms with E-state index in [4.69, 9.17) is 4.74 Å². The lowest BCUT2D eigenvalue weighted by atomic mass is 9.94. The van der Waals surface area contributed by atoms with Crippen LogP contribution in [0.15, 0.2) is 85.2 Å². The minimum atomic E-state index is -0.606. The van der Waals surface area contributed by atoms with Gasteiger partial charge in [-0.2, -0.15) is 0 Å². The second kappa shape index (κ2) is 11.0. The van der Waals surface area contributed by atoms with Crippen molar-refractivity contribution in [1.82, 2.24) is 9.88 Å². The molecule has 0 aliphatic heterocycles. The summed E-state index contributed by atoms with van der Waals surface area (Å²) in [7, 11) is 1.37. The quantitative estimate of drug-likeness (QED) is 0.281. The number of pyridine rings is 1. The number of hydrogen-bond acceptors (Lipinski definition) is 4. The maximum absolute atomic E-state index is 13.9. The van der Waals surface area contributed by atoms with Crippen molar-refractivity contribution in [3.63, 3.8) is 0 Å². The Kier molecular flexibility index (Phi) is 7.63. The summed E-state index contributed by atoms with van der Waals surface area (Å²) in [5.74, 6) is -1.62. The minimum absolute atomic E-state index is 0.335. The Labute approximate surface area is 203 Å². The molecule has 0 atom stereocenters. The molecule has 0 fully saturated rings. The van der Waals surface area contributed by atoms with Gasteiger partial charge in [0.1, 0.15) is 11.6 Å². The minimum Gasteiger partial charge on any atom is -0.465 e. The first-order chi connectivity index (χ1) is 16.9. The third-order valence-corrected chi connectivity index (χ3v) is 5.79. The zero-order chi connectivity index (χ0) is 24.8. The highest BCUT2D eigenvalue weighted by Gasteiger charge is 2.17. The Morgan fingerprint density at radius 1 is 0.829 bits per heavy atom. The molecular formula is C29H26F2N2O2. The monoisotopic (exact) mass is 472 g/mol. The molecule has 0 aliphatic carbocycles. The molecule has 0 N–H and O–H groups in total. The van der Waals surface area contributed by atoms with Crippen molar-refractivity contribution >= 4 is 5.97 Å². The van der Waals surface area contributed by atoms with Crippen molar-refractivity contribution in [2.45, 2.75) is 26.6 Å². The normalized spacial score (nSPS) is 11.0. The molecule has 0 unspecified atom stereocenters. The molecule has 3 aromatic carbocycles. The second-order valence-electron chi connectivity index (χ2n) is 8.47. The fourth-order valence-corrected chi connectivity index (χ4v) is 4.21. The number of esters is 1. The number of aryl methyl sites for hydroxylation is 1. The van der Waals surface area contributed by atoms with Crippen LogP contribution in [0, 0.1) is 18.6 Å². The SMILES string of the molecule is COC(=O)c1ccc(CN(Cc2cccnc2)Cc2cc(F)cc(F)c2)cc1-c1ccccc1C. The van der Waals surface area contributed by atoms with Gasteiger partial charge in [-0.25, -0.2) is 13.6 Å². The van der Waals surface area contributed by atoms with Gasteiger partial charge >= 0.3 is 5.97 Å². The van der Waals surface area contributed by atoms with Crippen molar-refractivity contribution in [2.24, 2.45) is 0 Å². The van der Waals surface area contributed by atoms with Gasteiger partial charge in [0.15, 0.2) is 0 Å². The summed E-state index contributed by atoms with van der Waals surface area (Å²) in [5, 5.41) is 0. The smallest absolute Gasteiger partial charge is 0.338 e. The number of methoxy groups -OCH3 is 1. The van der Waals surface area contributed by atoms with Crippen LogP contribution in [-0.2, 0) is 24.4 Å². The first-order valence-electron chi connectivity index (χ1n) is 11.3. The van der Waals surface area contributed by atoms with Crippen molar-refractivity contribution in [3.05, 3.63) is 125 Å². The Bertz CT molecular complexity index is 1310. The number of aromatic nitrogens is 1. The van der Waals surface area contributed by atoms with E-state index in [1.165, 1.54) is 19.2 Å². The van der Waals surface area contributed by atoms with E-state index in [0.29, 0.717) is 30.8 Å². The van der Waals surface area contributed by atoms with Crippen LogP contribution in [0.2, 0.25) is 0 Å². The molecule has 4 aromatic rings. The van der Waals surface area contributed by atoms with Crippen LogP contribution in [-0.4, -0.2) is 23.0 Å². The molecule has 35 heavy (non-hydrogen) atoms. The fraction of sp³-hybridized carbons (Fsp3) is 0.172. The summed E-state index contributed by atoms with van der Waals surface area (Å²) >= 11 is 0. The van der Waals surface area contributed by atoms with Gasteiger partial charge in [0, 0.05) is 38.1 Å². The van der Waals surface area contributed by atoms with Gasteiger partial charge in [-0.05, 0) is 70.6 Å². The van der Waals surface area contributed by atoms with E-state index in [1.54, 1.807) is 18.5 Å². The summed E-state index contributed by atoms with van der Waals surface area (Å²) in [6.07, 6.45) is 3.48. The Hall–Kier alpha value is -3.90. The van der Waals surface area contributed by atoms with Crippen LogP contribution in [0.5, 0.6) is 0 Å². The fourth-order valence-electron chi connectivity index (χ4n) is 4.21. The lowest BCUT2D eigenvalue weighted by Gasteiger charge is -2.23. The van der Waals surface area contributed by atoms with Crippen LogP contribution in [0.1, 0.15) is 32.6 Å². The summed E-state index contributed by atoms with van der Waals surface area (Å²) < 4.78 is 32.7. The predicted molar refractivity (Wildman–Crippen MR) is 132 cm³/mol. The number of ether oxygens (including phenoxy) is 1. The topological polar surface area (TPSA) is 42.4 Å². The summed E-state index contributed by atoms with van der Waals surface area (Å²) in [5.41, 5.74) is 5.73. The molecule has 0 amide bonds. The van der Waals surface area contributed by atoms with E-state index in [0.717, 1.165) is 33.9 Å². The maximum atomic E-state index is 13.9. The summed E-state index contributed by atoms with van der Waals surface area (Å²) in [4.78, 5) is 18.8. The van der Waals surface area contributed by atoms with E-state index in [1.807, 2.05) is 55.5 Å². The van der Waals surface area contributed by atoms with Gasteiger partial charge < -0.3 is 4.74 Å². The zero-order valence-electron chi connectivity index (χ0n) is 19.7. The van der Waals surface area contributed by atoms with E-state index < -0.39 is 17.6 Å². The van der Waals surface area contributed by atoms with E-state index >= 15 is 0 Å². The second-order valence-corrected chi connectivity index (χ2v) is 8.47. The molecule has 0 aliphatic rings. The molecule has 178 valence electrons. The van der Waals surface area contributed by atoms with Crippen molar-refractivity contribution < 1.29 is 18.3 Å². The lowest BCUT2D eigenvalue weighted by molar-refractivity contribution is 0.0601. The van der Waals surface area contributed by atoms with Crippen molar-refractivity contribution in [3.8, 4) is 11.1 Å². The largest absolute Gasteiger partial charge is 0.465 e. The number of rotatable bonds is 8. The van der Waals surface area contributed by atoms with Crippen LogP contribution in [0.4, 0.5) is 8.78 Å². The molecule has 4 nitrogen and oxygen atoms in total. The van der Waals surface area contributed by atoms with Gasteiger partial charge in [0.2, 0.25) is 0 Å². The highest BCUT2D eigenvalue weighted by Crippen LogP contribution is 2.29. The Morgan fingerprint density at radius 2 is 1.54 bits per heavy atom. The lowest BCUT2D eigenvalue weighted by Crippen LogP contribution is -2.23. The molecule has 6 heteroatoms. The highest BCUT2D eigenvalue weighted by molar-refractivity contribution is 5.97. The summed E-state index contributed by atoms with van der Waals surface area (Å²) in [6, 6.07) is 20.9. The van der Waals surface area contributed by atoms with E-state index in [-0.39, 0.29) is 0 Å². The average Bonchev–Trinajstić information content (AvgIpc) is 2.84. The standard InChI is InChI=1S/C29H26F2N2O2/c1-20-6-3-4-8-26(20)28-14-21(9-10-27(28)29(34)35-2)17-33(18-22-7-5-11-32-16-22)19-23-12-24(30)15-25(31)13-23/h3-16H,17-19H2,1-2H3. The highest BCUT2D eigenvalue weighted by atomic mass is 19.1. The molecular weight excluding hydrogens is 446 g/mol. The maximum Gasteiger partial charge on any atom is 0.338 e. The predicted octanol–water partition coefficient (Wildman–Crippen LogP) is 6.32. The van der Waals surface area contributed by atoms with Crippen LogP contribution in [0.3, 0.4) is 0 Å². The average molecular weight is 473 g/mol. The molecule has 1 aromatic heterocycles.